The molecule has 2 heterocycles. The molecule has 2 aromatic rings. The van der Waals surface area contributed by atoms with Crippen molar-refractivity contribution in [2.45, 2.75) is 38.5 Å². The number of carbonyl (C=O) groups excluding carboxylic acids is 2. The number of imidazole rings is 1. The highest BCUT2D eigenvalue weighted by atomic mass is 16.6. The Morgan fingerprint density at radius 2 is 1.96 bits per heavy atom. The van der Waals surface area contributed by atoms with E-state index in [2.05, 4.69) is 9.97 Å². The van der Waals surface area contributed by atoms with E-state index in [-0.39, 0.29) is 17.8 Å². The van der Waals surface area contributed by atoms with Crippen LogP contribution in [-0.2, 0) is 24.0 Å². The van der Waals surface area contributed by atoms with E-state index in [1.54, 1.807) is 11.2 Å². The lowest BCUT2D eigenvalue weighted by atomic mass is 10.0. The second kappa shape index (κ2) is 7.94. The summed E-state index contributed by atoms with van der Waals surface area (Å²) in [7, 11) is 0. The molecule has 0 saturated heterocycles. The highest BCUT2D eigenvalue weighted by molar-refractivity contribution is 5.99. The number of ether oxygens (including phenoxy) is 1. The number of aryl methyl sites for hydroxylation is 1. The molecule has 1 aliphatic carbocycles. The summed E-state index contributed by atoms with van der Waals surface area (Å²) in [4.78, 5) is 33.7. The molecule has 0 spiro atoms. The maximum Gasteiger partial charge on any atom is 0.409 e. The van der Waals surface area contributed by atoms with Crippen molar-refractivity contribution in [2.24, 2.45) is 5.92 Å². The maximum absolute atomic E-state index is 12.4. The van der Waals surface area contributed by atoms with Crippen LogP contribution in [0.3, 0.4) is 0 Å². The first kappa shape index (κ1) is 17.8. The molecular formula is C21H25N3O3. The molecule has 27 heavy (non-hydrogen) atoms. The van der Waals surface area contributed by atoms with Gasteiger partial charge in [-0.2, -0.15) is 0 Å². The summed E-state index contributed by atoms with van der Waals surface area (Å²) in [6.45, 7) is 1.68. The first-order valence-corrected chi connectivity index (χ1v) is 9.76. The number of nitrogens with one attached hydrogen (secondary N) is 1. The lowest BCUT2D eigenvalue weighted by molar-refractivity contribution is 0.0967. The van der Waals surface area contributed by atoms with Crippen LogP contribution < -0.4 is 0 Å². The monoisotopic (exact) mass is 367 g/mol. The molecule has 1 aromatic carbocycles. The Kier molecular flexibility index (Phi) is 5.23. The number of rotatable bonds is 5. The quantitative estimate of drug-likeness (QED) is 0.824. The van der Waals surface area contributed by atoms with Gasteiger partial charge in [0.1, 0.15) is 0 Å². The van der Waals surface area contributed by atoms with E-state index in [0.29, 0.717) is 26.1 Å². The standard InChI is InChI=1S/C21H25N3O3/c25-20(17-7-8-17)16-5-3-15(4-6-16)10-13-27-21(26)24-11-1-2-18-19(9-12-24)23-14-22-18/h3-6,14,17H,1-2,7-13H2,(H,22,23). The first-order chi connectivity index (χ1) is 13.2. The van der Waals surface area contributed by atoms with Gasteiger partial charge in [-0.05, 0) is 31.2 Å². The molecule has 0 unspecified atom stereocenters. The van der Waals surface area contributed by atoms with Gasteiger partial charge >= 0.3 is 6.09 Å². The number of aromatic amines is 1. The van der Waals surface area contributed by atoms with Crippen molar-refractivity contribution in [3.05, 3.63) is 53.1 Å². The molecular weight excluding hydrogens is 342 g/mol. The molecule has 1 aliphatic heterocycles. The zero-order valence-electron chi connectivity index (χ0n) is 15.4. The summed E-state index contributed by atoms with van der Waals surface area (Å²) in [5.41, 5.74) is 4.10. The zero-order valence-corrected chi connectivity index (χ0v) is 15.4. The van der Waals surface area contributed by atoms with E-state index < -0.39 is 0 Å². The van der Waals surface area contributed by atoms with Gasteiger partial charge in [0.2, 0.25) is 0 Å². The fraction of sp³-hybridized carbons (Fsp3) is 0.476. The van der Waals surface area contributed by atoms with E-state index >= 15 is 0 Å². The SMILES string of the molecule is O=C(c1ccc(CCOC(=O)N2CCCc3[nH]cnc3CC2)cc1)C1CC1. The summed E-state index contributed by atoms with van der Waals surface area (Å²) in [6.07, 6.45) is 6.73. The average Bonchev–Trinajstić information content (AvgIpc) is 3.43. The van der Waals surface area contributed by atoms with Crippen molar-refractivity contribution in [3.8, 4) is 0 Å². The third-order valence-corrected chi connectivity index (χ3v) is 5.34. The number of aromatic nitrogens is 2. The maximum atomic E-state index is 12.4. The number of ketones is 1. The predicted molar refractivity (Wildman–Crippen MR) is 101 cm³/mol. The van der Waals surface area contributed by atoms with Crippen molar-refractivity contribution in [2.75, 3.05) is 19.7 Å². The number of amides is 1. The van der Waals surface area contributed by atoms with Gasteiger partial charge in [0.25, 0.3) is 0 Å². The summed E-state index contributed by atoms with van der Waals surface area (Å²) in [6, 6.07) is 7.69. The van der Waals surface area contributed by atoms with E-state index in [4.69, 9.17) is 4.74 Å². The van der Waals surface area contributed by atoms with E-state index in [0.717, 1.165) is 48.9 Å². The van der Waals surface area contributed by atoms with Crippen LogP contribution in [0.25, 0.3) is 0 Å². The minimum atomic E-state index is -0.255. The normalized spacial score (nSPS) is 17.0. The topological polar surface area (TPSA) is 75.3 Å². The minimum Gasteiger partial charge on any atom is -0.449 e. The van der Waals surface area contributed by atoms with Crippen LogP contribution in [0.2, 0.25) is 0 Å². The Morgan fingerprint density at radius 3 is 2.74 bits per heavy atom. The van der Waals surface area contributed by atoms with Crippen LogP contribution in [0.15, 0.2) is 30.6 Å². The molecule has 1 saturated carbocycles. The van der Waals surface area contributed by atoms with Gasteiger partial charge in [-0.3, -0.25) is 4.79 Å². The third kappa shape index (κ3) is 4.38. The number of benzene rings is 1. The Labute approximate surface area is 158 Å². The van der Waals surface area contributed by atoms with Gasteiger partial charge in [0.15, 0.2) is 5.78 Å². The highest BCUT2D eigenvalue weighted by Gasteiger charge is 2.30. The minimum absolute atomic E-state index is 0.243. The second-order valence-electron chi connectivity index (χ2n) is 7.37. The fourth-order valence-corrected chi connectivity index (χ4v) is 3.53. The van der Waals surface area contributed by atoms with Gasteiger partial charge in [0.05, 0.1) is 18.6 Å². The number of Topliss-reactive ketones (excluding diaryl/α,β-unsaturated/α-hetero) is 1. The first-order valence-electron chi connectivity index (χ1n) is 9.76. The molecule has 6 nitrogen and oxygen atoms in total. The van der Waals surface area contributed by atoms with Crippen LogP contribution in [0.1, 0.15) is 46.6 Å². The smallest absolute Gasteiger partial charge is 0.409 e. The number of fused-ring (bicyclic) bond motifs is 1. The molecule has 0 bridgehead atoms. The summed E-state index contributed by atoms with van der Waals surface area (Å²) in [5, 5.41) is 0. The van der Waals surface area contributed by atoms with Crippen LogP contribution in [0.4, 0.5) is 4.79 Å². The van der Waals surface area contributed by atoms with Crippen molar-refractivity contribution in [1.82, 2.24) is 14.9 Å². The van der Waals surface area contributed by atoms with Gasteiger partial charge in [-0.15, -0.1) is 0 Å². The average molecular weight is 367 g/mol. The summed E-state index contributed by atoms with van der Waals surface area (Å²) < 4.78 is 5.47. The second-order valence-corrected chi connectivity index (χ2v) is 7.37. The van der Waals surface area contributed by atoms with Gasteiger partial charge in [-0.1, -0.05) is 24.3 Å². The molecule has 1 N–H and O–H groups in total. The third-order valence-electron chi connectivity index (χ3n) is 5.34. The van der Waals surface area contributed by atoms with Gasteiger partial charge in [0, 0.05) is 43.1 Å². The Bertz CT molecular complexity index is 808. The van der Waals surface area contributed by atoms with Crippen LogP contribution in [-0.4, -0.2) is 46.4 Å². The van der Waals surface area contributed by atoms with E-state index in [1.807, 2.05) is 24.3 Å². The van der Waals surface area contributed by atoms with E-state index in [1.165, 1.54) is 5.69 Å². The lowest BCUT2D eigenvalue weighted by Crippen LogP contribution is -2.36. The summed E-state index contributed by atoms with van der Waals surface area (Å²) >= 11 is 0. The molecule has 0 atom stereocenters. The molecule has 142 valence electrons. The predicted octanol–water partition coefficient (Wildman–Crippen LogP) is 3.17. The molecule has 1 aromatic heterocycles. The fourth-order valence-electron chi connectivity index (χ4n) is 3.53. The van der Waals surface area contributed by atoms with E-state index in [9.17, 15) is 9.59 Å². The number of H-pyrrole nitrogens is 1. The van der Waals surface area contributed by atoms with Crippen LogP contribution >= 0.6 is 0 Å². The Balaban J connectivity index is 1.24. The van der Waals surface area contributed by atoms with Crippen LogP contribution in [0.5, 0.6) is 0 Å². The molecule has 6 heteroatoms. The highest BCUT2D eigenvalue weighted by Crippen LogP contribution is 2.32. The Morgan fingerprint density at radius 1 is 1.15 bits per heavy atom. The van der Waals surface area contributed by atoms with Gasteiger partial charge in [-0.25, -0.2) is 9.78 Å². The largest absolute Gasteiger partial charge is 0.449 e. The molecule has 0 radical (unpaired) electrons. The van der Waals surface area contributed by atoms with Crippen molar-refractivity contribution >= 4 is 11.9 Å². The molecule has 4 rings (SSSR count). The Hall–Kier alpha value is -2.63. The summed E-state index contributed by atoms with van der Waals surface area (Å²) in [5.74, 6) is 0.498. The van der Waals surface area contributed by atoms with Crippen molar-refractivity contribution in [1.29, 1.82) is 0 Å². The number of nitrogens with zero attached hydrogens (tertiary/aromatic N) is 2. The molecule has 1 fully saturated rings. The van der Waals surface area contributed by atoms with Crippen molar-refractivity contribution in [3.63, 3.8) is 0 Å². The molecule has 2 aliphatic rings. The lowest BCUT2D eigenvalue weighted by Gasteiger charge is -2.23. The number of hydrogen-bond donors (Lipinski definition) is 1. The van der Waals surface area contributed by atoms with Crippen LogP contribution in [0, 0.1) is 5.92 Å². The zero-order chi connectivity index (χ0) is 18.6. The number of carbonyl (C=O) groups is 2. The van der Waals surface area contributed by atoms with Gasteiger partial charge < -0.3 is 14.6 Å². The van der Waals surface area contributed by atoms with Crippen molar-refractivity contribution < 1.29 is 14.3 Å². The molecule has 1 amide bonds. The number of hydrogen-bond acceptors (Lipinski definition) is 4.